The summed E-state index contributed by atoms with van der Waals surface area (Å²) in [6.07, 6.45) is 0.0326. The molecule has 4 N–H and O–H groups in total. The number of piperazine rings is 1. The topological polar surface area (TPSA) is 119 Å². The summed E-state index contributed by atoms with van der Waals surface area (Å²) < 4.78 is 29.1. The van der Waals surface area contributed by atoms with Gasteiger partial charge in [0.05, 0.1) is 42.6 Å². The van der Waals surface area contributed by atoms with Crippen molar-refractivity contribution < 1.29 is 28.6 Å². The summed E-state index contributed by atoms with van der Waals surface area (Å²) in [5.74, 6) is -0.668. The number of amides is 3. The summed E-state index contributed by atoms with van der Waals surface area (Å²) in [5.41, 5.74) is 0. The largest absolute Gasteiger partial charge is 0.390 e. The van der Waals surface area contributed by atoms with Crippen molar-refractivity contribution in [1.29, 1.82) is 0 Å². The number of rotatable bonds is 5. The van der Waals surface area contributed by atoms with Gasteiger partial charge < -0.3 is 35.0 Å². The lowest BCUT2D eigenvalue weighted by Gasteiger charge is -2.61. The fraction of sp³-hybridized carbons (Fsp3) is 0.886. The number of fused-ring (bicyclic) bond motifs is 5. The van der Waals surface area contributed by atoms with Gasteiger partial charge in [-0.25, -0.2) is 9.18 Å². The van der Waals surface area contributed by atoms with Gasteiger partial charge in [0, 0.05) is 62.1 Å². The molecule has 1 aliphatic carbocycles. The van der Waals surface area contributed by atoms with Crippen molar-refractivity contribution in [2.24, 2.45) is 29.6 Å². The van der Waals surface area contributed by atoms with Crippen LogP contribution in [0.2, 0.25) is 0 Å². The summed E-state index contributed by atoms with van der Waals surface area (Å²) in [6.45, 7) is 17.1. The van der Waals surface area contributed by atoms with E-state index >= 15 is 4.39 Å². The number of hydrogen-bond donors (Lipinski definition) is 4. The number of alkyl halides is 2. The van der Waals surface area contributed by atoms with Crippen LogP contribution in [0.25, 0.3) is 0 Å². The van der Waals surface area contributed by atoms with Gasteiger partial charge in [-0.05, 0) is 64.0 Å². The van der Waals surface area contributed by atoms with E-state index in [4.69, 9.17) is 21.1 Å². The third-order valence-electron chi connectivity index (χ3n) is 12.4. The first-order chi connectivity index (χ1) is 23.0. The minimum absolute atomic E-state index is 0.00316. The first-order valence-electron chi connectivity index (χ1n) is 18.4. The van der Waals surface area contributed by atoms with Crippen LogP contribution in [0, 0.1) is 29.6 Å². The number of aliphatic hydroxyl groups excluding tert-OH is 1. The number of carbonyl (C=O) groups is 2. The molecule has 2 bridgehead atoms. The maximum absolute atomic E-state index is 16.4. The minimum atomic E-state index is -1.29. The maximum atomic E-state index is 16.4. The van der Waals surface area contributed by atoms with E-state index in [1.165, 1.54) is 6.08 Å². The predicted octanol–water partition coefficient (Wildman–Crippen LogP) is 2.52. The number of nitrogens with one attached hydrogen (secondary N) is 3. The van der Waals surface area contributed by atoms with Crippen molar-refractivity contribution in [1.82, 2.24) is 30.7 Å². The molecule has 6 aliphatic rings. The van der Waals surface area contributed by atoms with Gasteiger partial charge in [-0.1, -0.05) is 27.4 Å². The fourth-order valence-corrected chi connectivity index (χ4v) is 10.4. The first kappa shape index (κ1) is 36.3. The van der Waals surface area contributed by atoms with Crippen molar-refractivity contribution in [3.8, 4) is 0 Å². The molecule has 0 spiro atoms. The van der Waals surface area contributed by atoms with Gasteiger partial charge in [-0.15, -0.1) is 11.6 Å². The summed E-state index contributed by atoms with van der Waals surface area (Å²) >= 11 is 6.64. The van der Waals surface area contributed by atoms with Gasteiger partial charge in [-0.3, -0.25) is 15.0 Å². The lowest BCUT2D eigenvalue weighted by molar-refractivity contribution is -0.164. The summed E-state index contributed by atoms with van der Waals surface area (Å²) in [4.78, 5) is 33.3. The molecule has 3 amide bonds. The highest BCUT2D eigenvalue weighted by atomic mass is 35.5. The van der Waals surface area contributed by atoms with Crippen molar-refractivity contribution in [2.75, 3.05) is 39.4 Å². The van der Waals surface area contributed by atoms with Crippen LogP contribution in [0.3, 0.4) is 0 Å². The Morgan fingerprint density at radius 1 is 1.21 bits per heavy atom. The normalized spacial score (nSPS) is 45.7. The molecule has 272 valence electrons. The Kier molecular flexibility index (Phi) is 11.3. The Morgan fingerprint density at radius 3 is 2.67 bits per heavy atom. The SMILES string of the molecule is C=CC(=O)N1CCN(C2NC(=O)N3C4NC(C(C)CC42)C2C(CCC(Cl)C2F)OCC(OCC)C(O)C2CCNC(C(C)C)C23)[C@@H](C)C1. The molecule has 5 saturated heterocycles. The van der Waals surface area contributed by atoms with Crippen LogP contribution < -0.4 is 16.0 Å². The number of piperidine rings is 2. The molecule has 6 fully saturated rings. The second kappa shape index (κ2) is 15.0. The summed E-state index contributed by atoms with van der Waals surface area (Å²) in [7, 11) is 0. The Bertz CT molecular complexity index is 1170. The molecule has 6 rings (SSSR count). The van der Waals surface area contributed by atoms with E-state index < -0.39 is 41.9 Å². The van der Waals surface area contributed by atoms with Crippen LogP contribution in [-0.4, -0.2) is 137 Å². The number of hydrogen-bond acceptors (Lipinski definition) is 8. The highest BCUT2D eigenvalue weighted by Gasteiger charge is 2.58. The third-order valence-corrected chi connectivity index (χ3v) is 12.9. The van der Waals surface area contributed by atoms with E-state index in [9.17, 15) is 14.7 Å². The average Bonchev–Trinajstić information content (AvgIpc) is 3.06. The second-order valence-electron chi connectivity index (χ2n) is 15.5. The zero-order valence-corrected chi connectivity index (χ0v) is 30.0. The highest BCUT2D eigenvalue weighted by molar-refractivity contribution is 6.21. The van der Waals surface area contributed by atoms with E-state index in [-0.39, 0.29) is 72.5 Å². The van der Waals surface area contributed by atoms with E-state index in [2.05, 4.69) is 55.1 Å². The first-order valence-corrected chi connectivity index (χ1v) is 18.8. The number of carbonyl (C=O) groups excluding carboxylic acids is 2. The van der Waals surface area contributed by atoms with Crippen LogP contribution in [0.5, 0.6) is 0 Å². The van der Waals surface area contributed by atoms with Crippen molar-refractivity contribution in [3.05, 3.63) is 12.7 Å². The molecule has 14 unspecified atom stereocenters. The zero-order valence-electron chi connectivity index (χ0n) is 29.3. The summed E-state index contributed by atoms with van der Waals surface area (Å²) in [5, 5.41) is 22.6. The second-order valence-corrected chi connectivity index (χ2v) is 16.1. The molecule has 48 heavy (non-hydrogen) atoms. The monoisotopic (exact) mass is 696 g/mol. The van der Waals surface area contributed by atoms with Gasteiger partial charge in [-0.2, -0.15) is 0 Å². The predicted molar refractivity (Wildman–Crippen MR) is 182 cm³/mol. The van der Waals surface area contributed by atoms with Crippen molar-refractivity contribution in [2.45, 2.75) is 127 Å². The molecular weight excluding hydrogens is 639 g/mol. The Morgan fingerprint density at radius 2 is 1.98 bits per heavy atom. The lowest BCUT2D eigenvalue weighted by Crippen LogP contribution is -2.80. The molecule has 13 heteroatoms. The molecular formula is C35H58ClFN6O5. The molecule has 0 aromatic heterocycles. The van der Waals surface area contributed by atoms with Crippen LogP contribution >= 0.6 is 11.6 Å². The van der Waals surface area contributed by atoms with Crippen LogP contribution in [0.1, 0.15) is 60.3 Å². The van der Waals surface area contributed by atoms with Crippen LogP contribution in [0.4, 0.5) is 9.18 Å². The van der Waals surface area contributed by atoms with Crippen LogP contribution in [-0.2, 0) is 14.3 Å². The van der Waals surface area contributed by atoms with Gasteiger partial charge in [0.1, 0.15) is 12.3 Å². The quantitative estimate of drug-likeness (QED) is 0.256. The highest BCUT2D eigenvalue weighted by Crippen LogP contribution is 2.45. The number of aliphatic hydroxyl groups is 1. The number of urea groups is 1. The summed E-state index contributed by atoms with van der Waals surface area (Å²) in [6, 6.07) is -0.895. The molecule has 11 nitrogen and oxygen atoms in total. The Hall–Kier alpha value is -1.54. The molecule has 0 radical (unpaired) electrons. The van der Waals surface area contributed by atoms with E-state index in [1.807, 2.05) is 16.7 Å². The molecule has 1 saturated carbocycles. The smallest absolute Gasteiger partial charge is 0.320 e. The van der Waals surface area contributed by atoms with Crippen LogP contribution in [0.15, 0.2) is 12.7 Å². The number of ether oxygens (including phenoxy) is 2. The Balaban J connectivity index is 1.43. The maximum Gasteiger partial charge on any atom is 0.320 e. The van der Waals surface area contributed by atoms with E-state index in [0.29, 0.717) is 45.5 Å². The fourth-order valence-electron chi connectivity index (χ4n) is 10.1. The molecule has 5 heterocycles. The molecule has 0 aromatic carbocycles. The molecule has 15 atom stereocenters. The molecule has 0 aromatic rings. The van der Waals surface area contributed by atoms with E-state index in [1.54, 1.807) is 0 Å². The standard InChI is InChI=1S/C35H58ClFN6O5/c1-7-26(44)41-13-14-42(20(6)16-41)33-22-15-19(5)30-27-24(10-9-23(36)28(27)37)48-17-25(47-8-2)32(45)21-11-12-38-29(18(3)4)31(21)43(34(22)39-30)35(46)40-33/h7,18-25,27-34,38-39,45H,1,8-17H2,2-6H3,(H,40,46)/t19?,20-,21?,22?,23?,24?,25?,27?,28?,29?,30?,31?,32?,33?,34?/m0/s1. The van der Waals surface area contributed by atoms with Crippen molar-refractivity contribution >= 4 is 23.5 Å². The lowest BCUT2D eigenvalue weighted by atomic mass is 9.69. The zero-order chi connectivity index (χ0) is 34.4. The van der Waals surface area contributed by atoms with Gasteiger partial charge in [0.15, 0.2) is 0 Å². The number of halogens is 2. The van der Waals surface area contributed by atoms with Gasteiger partial charge >= 0.3 is 6.03 Å². The van der Waals surface area contributed by atoms with Gasteiger partial charge in [0.2, 0.25) is 5.91 Å². The van der Waals surface area contributed by atoms with Gasteiger partial charge in [0.25, 0.3) is 0 Å². The third kappa shape index (κ3) is 6.64. The molecule has 5 aliphatic heterocycles. The van der Waals surface area contributed by atoms with Crippen molar-refractivity contribution in [3.63, 3.8) is 0 Å². The van der Waals surface area contributed by atoms with E-state index in [0.717, 1.165) is 13.0 Å². The average molecular weight is 697 g/mol. The minimum Gasteiger partial charge on any atom is -0.390 e. The number of nitrogens with zero attached hydrogens (tertiary/aromatic N) is 3. The Labute approximate surface area is 290 Å².